The Labute approximate surface area is 206 Å². The van der Waals surface area contributed by atoms with Gasteiger partial charge in [0.2, 0.25) is 0 Å². The van der Waals surface area contributed by atoms with E-state index in [2.05, 4.69) is 10.3 Å². The Balaban J connectivity index is 1.61. The van der Waals surface area contributed by atoms with Crippen molar-refractivity contribution in [1.29, 1.82) is 0 Å². The molecule has 8 nitrogen and oxygen atoms in total. The zero-order chi connectivity index (χ0) is 24.9. The number of aliphatic hydroxyl groups excluding tert-OH is 1. The van der Waals surface area contributed by atoms with E-state index in [0.29, 0.717) is 41.7 Å². The Hall–Kier alpha value is -3.14. The first-order valence-corrected chi connectivity index (χ1v) is 11.9. The van der Waals surface area contributed by atoms with Gasteiger partial charge in [0.15, 0.2) is 0 Å². The molecule has 2 aliphatic rings. The molecule has 4 N–H and O–H groups in total. The van der Waals surface area contributed by atoms with Gasteiger partial charge in [-0.25, -0.2) is 9.18 Å². The third-order valence-electron chi connectivity index (χ3n) is 6.92. The zero-order valence-corrected chi connectivity index (χ0v) is 19.9. The van der Waals surface area contributed by atoms with Crippen molar-refractivity contribution in [3.05, 3.63) is 64.1 Å². The third kappa shape index (κ3) is 3.74. The molecule has 184 valence electrons. The number of phenolic OH excluding ortho intramolecular Hbond substituents is 1. The Morgan fingerprint density at radius 1 is 1.26 bits per heavy atom. The van der Waals surface area contributed by atoms with Crippen LogP contribution in [0.25, 0.3) is 10.9 Å². The lowest BCUT2D eigenvalue weighted by atomic mass is 9.81. The van der Waals surface area contributed by atoms with E-state index in [1.807, 2.05) is 0 Å². The highest BCUT2D eigenvalue weighted by molar-refractivity contribution is 6.31. The highest BCUT2D eigenvalue weighted by atomic mass is 35.5. The fourth-order valence-electron chi connectivity index (χ4n) is 5.31. The predicted molar refractivity (Wildman–Crippen MR) is 129 cm³/mol. The van der Waals surface area contributed by atoms with E-state index in [9.17, 15) is 19.1 Å². The van der Waals surface area contributed by atoms with Gasteiger partial charge in [-0.1, -0.05) is 23.7 Å². The minimum Gasteiger partial charge on any atom is -0.508 e. The molecule has 0 unspecified atom stereocenters. The number of benzene rings is 2. The van der Waals surface area contributed by atoms with Gasteiger partial charge in [0, 0.05) is 36.1 Å². The summed E-state index contributed by atoms with van der Waals surface area (Å²) < 4.78 is 14.2. The van der Waals surface area contributed by atoms with E-state index in [1.54, 1.807) is 36.1 Å². The summed E-state index contributed by atoms with van der Waals surface area (Å²) in [7, 11) is 0. The summed E-state index contributed by atoms with van der Waals surface area (Å²) in [4.78, 5) is 33.5. The predicted octanol–water partition coefficient (Wildman–Crippen LogP) is 3.31. The monoisotopic (exact) mass is 500 g/mol. The molecular formula is C25H26ClFN4O4. The summed E-state index contributed by atoms with van der Waals surface area (Å²) in [6.45, 7) is 2.99. The highest BCUT2D eigenvalue weighted by Gasteiger charge is 2.60. The van der Waals surface area contributed by atoms with Crippen molar-refractivity contribution in [2.24, 2.45) is 0 Å². The summed E-state index contributed by atoms with van der Waals surface area (Å²) in [5.74, 6) is -0.833. The van der Waals surface area contributed by atoms with Crippen molar-refractivity contribution in [3.63, 3.8) is 0 Å². The largest absolute Gasteiger partial charge is 0.508 e. The summed E-state index contributed by atoms with van der Waals surface area (Å²) in [6, 6.07) is 8.33. The minimum absolute atomic E-state index is 0.0125. The van der Waals surface area contributed by atoms with Crippen LogP contribution in [0.4, 0.5) is 9.18 Å². The van der Waals surface area contributed by atoms with E-state index in [0.717, 1.165) is 5.56 Å². The second kappa shape index (κ2) is 8.82. The molecule has 0 bridgehead atoms. The number of fused-ring (bicyclic) bond motifs is 4. The van der Waals surface area contributed by atoms with Crippen LogP contribution in [0.1, 0.15) is 36.2 Å². The number of amides is 3. The fraction of sp³-hybridized carbons (Fsp3) is 0.360. The first-order valence-electron chi connectivity index (χ1n) is 11.5. The van der Waals surface area contributed by atoms with E-state index in [4.69, 9.17) is 16.7 Å². The number of aromatic hydroxyl groups is 1. The van der Waals surface area contributed by atoms with Crippen molar-refractivity contribution in [3.8, 4) is 5.75 Å². The minimum atomic E-state index is -1.17. The van der Waals surface area contributed by atoms with Crippen LogP contribution in [0.2, 0.25) is 5.02 Å². The average Bonchev–Trinajstić information content (AvgIpc) is 3.24. The van der Waals surface area contributed by atoms with Gasteiger partial charge in [-0.15, -0.1) is 0 Å². The normalized spacial score (nSPS) is 21.7. The van der Waals surface area contributed by atoms with E-state index in [1.165, 1.54) is 17.0 Å². The number of aromatic nitrogens is 1. The van der Waals surface area contributed by atoms with Gasteiger partial charge in [0.25, 0.3) is 5.91 Å². The Bertz CT molecular complexity index is 1330. The van der Waals surface area contributed by atoms with Gasteiger partial charge in [-0.05, 0) is 55.3 Å². The number of rotatable bonds is 7. The summed E-state index contributed by atoms with van der Waals surface area (Å²) in [5.41, 5.74) is 1.44. The van der Waals surface area contributed by atoms with Crippen LogP contribution in [-0.4, -0.2) is 68.7 Å². The summed E-state index contributed by atoms with van der Waals surface area (Å²) in [5, 5.41) is 22.8. The number of hydrogen-bond donors (Lipinski definition) is 4. The molecule has 0 saturated carbocycles. The Morgan fingerprint density at radius 2 is 2.06 bits per heavy atom. The van der Waals surface area contributed by atoms with Crippen LogP contribution < -0.4 is 5.32 Å². The number of phenols is 1. The lowest BCUT2D eigenvalue weighted by Crippen LogP contribution is -2.53. The smallest absolute Gasteiger partial charge is 0.328 e. The lowest BCUT2D eigenvalue weighted by molar-refractivity contribution is -0.133. The van der Waals surface area contributed by atoms with Gasteiger partial charge in [-0.3, -0.25) is 14.6 Å². The summed E-state index contributed by atoms with van der Waals surface area (Å²) in [6.07, 6.45) is 0.782. The molecule has 0 radical (unpaired) electrons. The molecule has 0 spiro atoms. The maximum Gasteiger partial charge on any atom is 0.328 e. The van der Waals surface area contributed by atoms with Crippen LogP contribution >= 0.6 is 11.6 Å². The number of urea groups is 1. The average molecular weight is 501 g/mol. The van der Waals surface area contributed by atoms with E-state index in [-0.39, 0.29) is 36.3 Å². The van der Waals surface area contributed by atoms with Crippen LogP contribution in [-0.2, 0) is 11.2 Å². The molecule has 3 aromatic rings. The van der Waals surface area contributed by atoms with E-state index < -0.39 is 23.4 Å². The van der Waals surface area contributed by atoms with Crippen molar-refractivity contribution in [2.75, 3.05) is 26.2 Å². The Kier molecular flexibility index (Phi) is 5.94. The van der Waals surface area contributed by atoms with Crippen LogP contribution in [0.5, 0.6) is 5.75 Å². The molecule has 3 heterocycles. The van der Waals surface area contributed by atoms with Crippen molar-refractivity contribution >= 4 is 34.4 Å². The molecule has 2 atom stereocenters. The topological polar surface area (TPSA) is 109 Å². The molecule has 10 heteroatoms. The van der Waals surface area contributed by atoms with Gasteiger partial charge in [0.1, 0.15) is 23.1 Å². The maximum absolute atomic E-state index is 14.2. The van der Waals surface area contributed by atoms with Crippen LogP contribution in [0.3, 0.4) is 0 Å². The number of aromatic amines is 1. The van der Waals surface area contributed by atoms with Crippen molar-refractivity contribution in [1.82, 2.24) is 20.1 Å². The van der Waals surface area contributed by atoms with Gasteiger partial charge < -0.3 is 20.5 Å². The number of halogens is 2. The second-order valence-electron chi connectivity index (χ2n) is 9.21. The molecule has 1 fully saturated rings. The van der Waals surface area contributed by atoms with Gasteiger partial charge in [-0.2, -0.15) is 0 Å². The van der Waals surface area contributed by atoms with Gasteiger partial charge in [0.05, 0.1) is 11.6 Å². The first kappa shape index (κ1) is 23.6. The molecule has 1 aromatic heterocycles. The number of carbonyl (C=O) groups excluding carboxylic acids is 2. The molecule has 0 aliphatic carbocycles. The zero-order valence-electron chi connectivity index (χ0n) is 19.1. The number of imide groups is 1. The van der Waals surface area contributed by atoms with Gasteiger partial charge >= 0.3 is 6.03 Å². The third-order valence-corrected chi connectivity index (χ3v) is 7.21. The maximum atomic E-state index is 14.2. The molecule has 35 heavy (non-hydrogen) atoms. The summed E-state index contributed by atoms with van der Waals surface area (Å²) >= 11 is 6.09. The molecule has 2 aliphatic heterocycles. The Morgan fingerprint density at radius 3 is 2.80 bits per heavy atom. The fourth-order valence-corrected chi connectivity index (χ4v) is 5.48. The molecule has 2 aromatic carbocycles. The van der Waals surface area contributed by atoms with Crippen molar-refractivity contribution in [2.45, 2.75) is 31.3 Å². The molecular weight excluding hydrogens is 475 g/mol. The lowest BCUT2D eigenvalue weighted by Gasteiger charge is -2.42. The quantitative estimate of drug-likeness (QED) is 0.294. The van der Waals surface area contributed by atoms with E-state index >= 15 is 0 Å². The standard InChI is InChI=1S/C25H26ClFN4O4/c1-25-13-17-16-11-18(26)19(27)12-20(16)29-21(17)22(14-4-2-5-15(33)10-14)31(25)24(35)30(23(25)34)8-3-6-28-7-9-32/h2,4-5,10-12,22,28-29,32-33H,3,6-9,13H2,1H3/t22-,25+/m1/s1. The number of H-pyrrole nitrogens is 1. The molecule has 3 amide bonds. The SMILES string of the molecule is C[C@@]12Cc3c([nH]c4cc(F)c(Cl)cc34)[C@@H](c3cccc(O)c3)N1C(=O)N(CCCNCCO)C2=O. The number of aliphatic hydroxyl groups is 1. The first-order chi connectivity index (χ1) is 16.8. The second-order valence-corrected chi connectivity index (χ2v) is 9.62. The van der Waals surface area contributed by atoms with Crippen LogP contribution in [0, 0.1) is 5.82 Å². The number of nitrogens with one attached hydrogen (secondary N) is 2. The highest BCUT2D eigenvalue weighted by Crippen LogP contribution is 2.49. The van der Waals surface area contributed by atoms with Crippen LogP contribution in [0.15, 0.2) is 36.4 Å². The number of hydrogen-bond acceptors (Lipinski definition) is 5. The number of carbonyl (C=O) groups is 2. The van der Waals surface area contributed by atoms with Crippen molar-refractivity contribution < 1.29 is 24.2 Å². The number of nitrogens with zero attached hydrogens (tertiary/aromatic N) is 2. The molecule has 1 saturated heterocycles. The molecule has 5 rings (SSSR count).